The van der Waals surface area contributed by atoms with Crippen LogP contribution in [-0.2, 0) is 4.79 Å². The Bertz CT molecular complexity index is 572. The number of halogens is 1. The predicted molar refractivity (Wildman–Crippen MR) is 63.4 cm³/mol. The lowest BCUT2D eigenvalue weighted by atomic mass is 9.95. The average Bonchev–Trinajstić information content (AvgIpc) is 2.25. The first kappa shape index (κ1) is 11.7. The lowest BCUT2D eigenvalue weighted by Crippen LogP contribution is -2.14. The number of ketones is 2. The molecule has 0 unspecified atom stereocenters. The molecule has 86 valence electrons. The van der Waals surface area contributed by atoms with E-state index >= 15 is 0 Å². The van der Waals surface area contributed by atoms with E-state index in [9.17, 15) is 14.4 Å². The van der Waals surface area contributed by atoms with Crippen LogP contribution in [0.15, 0.2) is 28.8 Å². The van der Waals surface area contributed by atoms with Gasteiger partial charge in [0.15, 0.2) is 5.78 Å². The molecule has 0 aliphatic heterocycles. The molecule has 4 nitrogen and oxygen atoms in total. The van der Waals surface area contributed by atoms with Gasteiger partial charge in [0.2, 0.25) is 5.78 Å². The molecule has 0 atom stereocenters. The summed E-state index contributed by atoms with van der Waals surface area (Å²) in [5.74, 6) is -0.775. The van der Waals surface area contributed by atoms with Crippen LogP contribution in [0.5, 0.6) is 5.75 Å². The van der Waals surface area contributed by atoms with Crippen LogP contribution in [0.2, 0.25) is 0 Å². The minimum atomic E-state index is -0.478. The van der Waals surface area contributed by atoms with Crippen molar-refractivity contribution in [1.82, 2.24) is 0 Å². The normalized spacial score (nSPS) is 14.1. The maximum atomic E-state index is 11.8. The largest absolute Gasteiger partial charge is 0.427 e. The van der Waals surface area contributed by atoms with Gasteiger partial charge in [-0.05, 0) is 34.1 Å². The molecule has 0 radical (unpaired) electrons. The lowest BCUT2D eigenvalue weighted by molar-refractivity contribution is -0.131. The minimum Gasteiger partial charge on any atom is -0.427 e. The van der Waals surface area contributed by atoms with Crippen LogP contribution in [0.1, 0.15) is 27.6 Å². The summed E-state index contributed by atoms with van der Waals surface area (Å²) in [6, 6.07) is 4.35. The zero-order valence-electron chi connectivity index (χ0n) is 8.82. The second kappa shape index (κ2) is 4.25. The molecule has 0 aromatic heterocycles. The van der Waals surface area contributed by atoms with Gasteiger partial charge in [0, 0.05) is 24.1 Å². The molecule has 0 heterocycles. The molecule has 0 spiro atoms. The topological polar surface area (TPSA) is 60.4 Å². The summed E-state index contributed by atoms with van der Waals surface area (Å²) in [6.45, 7) is 1.27. The van der Waals surface area contributed by atoms with Crippen LogP contribution in [0.3, 0.4) is 0 Å². The van der Waals surface area contributed by atoms with Gasteiger partial charge in [-0.25, -0.2) is 0 Å². The zero-order valence-corrected chi connectivity index (χ0v) is 10.4. The van der Waals surface area contributed by atoms with Crippen LogP contribution in [0.4, 0.5) is 0 Å². The van der Waals surface area contributed by atoms with Gasteiger partial charge in [0.05, 0.1) is 4.48 Å². The Labute approximate surface area is 105 Å². The first-order valence-corrected chi connectivity index (χ1v) is 5.57. The summed E-state index contributed by atoms with van der Waals surface area (Å²) in [5, 5.41) is 0. The number of fused-ring (bicyclic) bond motifs is 1. The van der Waals surface area contributed by atoms with Crippen molar-refractivity contribution in [3.63, 3.8) is 0 Å². The number of hydrogen-bond donors (Lipinski definition) is 0. The number of benzene rings is 1. The fourth-order valence-corrected chi connectivity index (χ4v) is 1.96. The molecule has 5 heteroatoms. The van der Waals surface area contributed by atoms with Gasteiger partial charge in [-0.1, -0.05) is 0 Å². The van der Waals surface area contributed by atoms with Crippen molar-refractivity contribution in [1.29, 1.82) is 0 Å². The Morgan fingerprint density at radius 2 is 1.94 bits per heavy atom. The Balaban J connectivity index is 2.50. The SMILES string of the molecule is CC(=O)Oc1ccc2c(c1)C(=O)C(Br)=CC2=O. The van der Waals surface area contributed by atoms with Gasteiger partial charge < -0.3 is 4.74 Å². The highest BCUT2D eigenvalue weighted by atomic mass is 79.9. The first-order valence-electron chi connectivity index (χ1n) is 4.77. The standard InChI is InChI=1S/C12H7BrO4/c1-6(14)17-7-2-3-8-9(4-7)12(16)10(13)5-11(8)15/h2-5H,1H3. The summed E-state index contributed by atoms with van der Waals surface area (Å²) in [4.78, 5) is 34.2. The van der Waals surface area contributed by atoms with Crippen LogP contribution >= 0.6 is 15.9 Å². The third-order valence-electron chi connectivity index (χ3n) is 2.24. The van der Waals surface area contributed by atoms with Crippen molar-refractivity contribution in [3.05, 3.63) is 39.9 Å². The molecule has 1 aromatic rings. The van der Waals surface area contributed by atoms with Crippen molar-refractivity contribution >= 4 is 33.5 Å². The van der Waals surface area contributed by atoms with Gasteiger partial charge in [0.25, 0.3) is 0 Å². The smallest absolute Gasteiger partial charge is 0.308 e. The van der Waals surface area contributed by atoms with Crippen LogP contribution in [0.25, 0.3) is 0 Å². The molecule has 2 rings (SSSR count). The second-order valence-electron chi connectivity index (χ2n) is 3.49. The maximum Gasteiger partial charge on any atom is 0.308 e. The summed E-state index contributed by atoms with van der Waals surface area (Å²) in [7, 11) is 0. The zero-order chi connectivity index (χ0) is 12.6. The summed E-state index contributed by atoms with van der Waals surface area (Å²) in [5.41, 5.74) is 0.553. The van der Waals surface area contributed by atoms with E-state index < -0.39 is 5.97 Å². The lowest BCUT2D eigenvalue weighted by Gasteiger charge is -2.12. The van der Waals surface area contributed by atoms with Gasteiger partial charge in [-0.2, -0.15) is 0 Å². The van der Waals surface area contributed by atoms with Crippen molar-refractivity contribution in [2.45, 2.75) is 6.92 Å². The van der Waals surface area contributed by atoms with Gasteiger partial charge in [0.1, 0.15) is 5.75 Å². The Morgan fingerprint density at radius 3 is 2.59 bits per heavy atom. The minimum absolute atomic E-state index is 0.204. The molecule has 1 aliphatic carbocycles. The number of carbonyl (C=O) groups is 3. The van der Waals surface area contributed by atoms with E-state index in [-0.39, 0.29) is 27.4 Å². The summed E-state index contributed by atoms with van der Waals surface area (Å²) < 4.78 is 5.07. The molecule has 0 N–H and O–H groups in total. The Morgan fingerprint density at radius 1 is 1.24 bits per heavy atom. The number of rotatable bonds is 1. The van der Waals surface area contributed by atoms with Crippen LogP contribution in [-0.4, -0.2) is 17.5 Å². The fraction of sp³-hybridized carbons (Fsp3) is 0.0833. The fourth-order valence-electron chi connectivity index (χ4n) is 1.54. The predicted octanol–water partition coefficient (Wildman–Crippen LogP) is 2.27. The quantitative estimate of drug-likeness (QED) is 0.589. The molecule has 0 fully saturated rings. The number of Topliss-reactive ketones (excluding diaryl/α,β-unsaturated/α-hetero) is 1. The molecular formula is C12H7BrO4. The van der Waals surface area contributed by atoms with Crippen molar-refractivity contribution < 1.29 is 19.1 Å². The number of ether oxygens (including phenoxy) is 1. The molecule has 1 aromatic carbocycles. The number of carbonyl (C=O) groups excluding carboxylic acids is 3. The molecule has 0 amide bonds. The molecule has 0 saturated heterocycles. The number of esters is 1. The molecule has 0 bridgehead atoms. The third-order valence-corrected chi connectivity index (χ3v) is 2.83. The van der Waals surface area contributed by atoms with Gasteiger partial charge >= 0.3 is 5.97 Å². The molecule has 1 aliphatic rings. The van der Waals surface area contributed by atoms with Gasteiger partial charge in [-0.3, -0.25) is 14.4 Å². The first-order chi connectivity index (χ1) is 7.99. The van der Waals surface area contributed by atoms with Crippen molar-refractivity contribution in [3.8, 4) is 5.75 Å². The summed E-state index contributed by atoms with van der Waals surface area (Å²) >= 11 is 3.02. The van der Waals surface area contributed by atoms with E-state index in [1.165, 1.54) is 31.2 Å². The number of hydrogen-bond acceptors (Lipinski definition) is 4. The second-order valence-corrected chi connectivity index (χ2v) is 4.34. The molecule has 0 saturated carbocycles. The van der Waals surface area contributed by atoms with E-state index in [4.69, 9.17) is 4.74 Å². The van der Waals surface area contributed by atoms with Gasteiger partial charge in [-0.15, -0.1) is 0 Å². The maximum absolute atomic E-state index is 11.8. The van der Waals surface area contributed by atoms with Crippen molar-refractivity contribution in [2.75, 3.05) is 0 Å². The molecule has 17 heavy (non-hydrogen) atoms. The highest BCUT2D eigenvalue weighted by Crippen LogP contribution is 2.27. The van der Waals surface area contributed by atoms with Crippen molar-refractivity contribution in [2.24, 2.45) is 0 Å². The summed E-state index contributed by atoms with van der Waals surface area (Å²) in [6.07, 6.45) is 1.23. The monoisotopic (exact) mass is 294 g/mol. The van der Waals surface area contributed by atoms with Crippen LogP contribution in [0, 0.1) is 0 Å². The van der Waals surface area contributed by atoms with E-state index in [2.05, 4.69) is 15.9 Å². The highest BCUT2D eigenvalue weighted by molar-refractivity contribution is 9.12. The Kier molecular flexibility index (Phi) is 2.93. The average molecular weight is 295 g/mol. The Hall–Kier alpha value is -1.75. The van der Waals surface area contributed by atoms with Crippen LogP contribution < -0.4 is 4.74 Å². The van der Waals surface area contributed by atoms with E-state index in [0.717, 1.165) is 0 Å². The molecular weight excluding hydrogens is 288 g/mol. The number of allylic oxidation sites excluding steroid dienone is 2. The third kappa shape index (κ3) is 2.19. The highest BCUT2D eigenvalue weighted by Gasteiger charge is 2.24. The van der Waals surface area contributed by atoms with E-state index in [0.29, 0.717) is 5.56 Å². The van der Waals surface area contributed by atoms with E-state index in [1.54, 1.807) is 0 Å². The van der Waals surface area contributed by atoms with E-state index in [1.807, 2.05) is 0 Å².